The van der Waals surface area contributed by atoms with Gasteiger partial charge in [0, 0.05) is 30.8 Å². The van der Waals surface area contributed by atoms with Crippen molar-refractivity contribution in [1.82, 2.24) is 5.32 Å². The Balaban J connectivity index is 1.58. The van der Waals surface area contributed by atoms with Crippen LogP contribution >= 0.6 is 0 Å². The van der Waals surface area contributed by atoms with Gasteiger partial charge in [0.2, 0.25) is 0 Å². The quantitative estimate of drug-likeness (QED) is 0.524. The third-order valence-electron chi connectivity index (χ3n) is 5.31. The van der Waals surface area contributed by atoms with Gasteiger partial charge in [-0.3, -0.25) is 14.9 Å². The highest BCUT2D eigenvalue weighted by Gasteiger charge is 2.35. The number of nitrogens with one attached hydrogen (secondary N) is 1. The molecule has 0 aromatic heterocycles. The maximum absolute atomic E-state index is 12.2. The lowest BCUT2D eigenvalue weighted by atomic mass is 9.86. The Morgan fingerprint density at radius 3 is 2.42 bits per heavy atom. The molecule has 1 aromatic carbocycles. The molecule has 1 heterocycles. The molecule has 6 heteroatoms. The first-order valence-electron chi connectivity index (χ1n) is 8.61. The molecule has 0 spiro atoms. The van der Waals surface area contributed by atoms with Crippen LogP contribution in [-0.4, -0.2) is 30.0 Å². The summed E-state index contributed by atoms with van der Waals surface area (Å²) in [5.74, 6) is 0.936. The summed E-state index contributed by atoms with van der Waals surface area (Å²) in [7, 11) is 0. The summed E-state index contributed by atoms with van der Waals surface area (Å²) in [4.78, 5) is 25.4. The fourth-order valence-electron chi connectivity index (χ4n) is 3.79. The van der Waals surface area contributed by atoms with E-state index < -0.39 is 0 Å². The van der Waals surface area contributed by atoms with Crippen molar-refractivity contribution in [2.45, 2.75) is 31.7 Å². The topological polar surface area (TPSA) is 75.5 Å². The minimum absolute atomic E-state index is 0.0325. The van der Waals surface area contributed by atoms with Crippen molar-refractivity contribution in [1.29, 1.82) is 0 Å². The summed E-state index contributed by atoms with van der Waals surface area (Å²) >= 11 is 0. The molecule has 1 N–H and O–H groups in total. The van der Waals surface area contributed by atoms with Crippen LogP contribution in [0.4, 0.5) is 11.4 Å². The smallest absolute Gasteiger partial charge is 0.293 e. The van der Waals surface area contributed by atoms with E-state index in [0.29, 0.717) is 23.1 Å². The van der Waals surface area contributed by atoms with Gasteiger partial charge < -0.3 is 10.2 Å². The Kier molecular flexibility index (Phi) is 3.75. The number of hydrogen-bond acceptors (Lipinski definition) is 4. The van der Waals surface area contributed by atoms with E-state index in [1.807, 2.05) is 0 Å². The van der Waals surface area contributed by atoms with Crippen molar-refractivity contribution in [2.75, 3.05) is 18.0 Å². The van der Waals surface area contributed by atoms with E-state index >= 15 is 0 Å². The lowest BCUT2D eigenvalue weighted by Crippen LogP contribution is -2.26. The van der Waals surface area contributed by atoms with Crippen LogP contribution in [-0.2, 0) is 0 Å². The van der Waals surface area contributed by atoms with E-state index in [4.69, 9.17) is 0 Å². The van der Waals surface area contributed by atoms with Gasteiger partial charge in [-0.05, 0) is 49.7 Å². The Bertz CT molecular complexity index is 695. The summed E-state index contributed by atoms with van der Waals surface area (Å²) in [6.07, 6.45) is 8.52. The number of amides is 1. The first kappa shape index (κ1) is 15.2. The average Bonchev–Trinajstić information content (AvgIpc) is 3.29. The predicted molar refractivity (Wildman–Crippen MR) is 91.2 cm³/mol. The van der Waals surface area contributed by atoms with Gasteiger partial charge in [0.05, 0.1) is 4.92 Å². The second kappa shape index (κ2) is 5.92. The van der Waals surface area contributed by atoms with Crippen LogP contribution in [0.2, 0.25) is 0 Å². The summed E-state index contributed by atoms with van der Waals surface area (Å²) in [6.45, 7) is 1.70. The molecule has 4 rings (SSSR count). The van der Waals surface area contributed by atoms with Crippen LogP contribution in [0, 0.1) is 22.0 Å². The number of nitrogens with zero attached hydrogens (tertiary/aromatic N) is 2. The third kappa shape index (κ3) is 2.88. The van der Waals surface area contributed by atoms with Crippen molar-refractivity contribution < 1.29 is 9.72 Å². The van der Waals surface area contributed by atoms with Crippen molar-refractivity contribution in [3.05, 3.63) is 46.0 Å². The molecular formula is C18H21N3O3. The number of hydrogen-bond donors (Lipinski definition) is 1. The van der Waals surface area contributed by atoms with Gasteiger partial charge in [0.25, 0.3) is 11.6 Å². The highest BCUT2D eigenvalue weighted by Crippen LogP contribution is 2.39. The molecule has 1 aliphatic heterocycles. The molecule has 1 amide bonds. The van der Waals surface area contributed by atoms with Gasteiger partial charge in [-0.1, -0.05) is 12.2 Å². The number of carbonyl (C=O) groups excluding carboxylic acids is 1. The standard InChI is InChI=1S/C18H21N3O3/c22-18(19-15-6-7-15)12-5-8-16(17(9-12)21(23)24)20-10-13-3-1-2-4-14(13)11-20/h1-2,5,8-9,13-15H,3-4,6-7,10-11H2,(H,19,22). The normalized spacial score (nSPS) is 25.4. The first-order chi connectivity index (χ1) is 11.6. The highest BCUT2D eigenvalue weighted by molar-refractivity contribution is 5.96. The van der Waals surface area contributed by atoms with Crippen LogP contribution < -0.4 is 10.2 Å². The van der Waals surface area contributed by atoms with E-state index in [1.165, 1.54) is 6.07 Å². The molecule has 2 fully saturated rings. The van der Waals surface area contributed by atoms with Crippen LogP contribution in [0.15, 0.2) is 30.4 Å². The fraction of sp³-hybridized carbons (Fsp3) is 0.500. The summed E-state index contributed by atoms with van der Waals surface area (Å²) in [6, 6.07) is 5.11. The van der Waals surface area contributed by atoms with Crippen LogP contribution in [0.3, 0.4) is 0 Å². The Morgan fingerprint density at radius 1 is 1.17 bits per heavy atom. The second-order valence-corrected chi connectivity index (χ2v) is 7.08. The lowest BCUT2D eigenvalue weighted by molar-refractivity contribution is -0.384. The summed E-state index contributed by atoms with van der Waals surface area (Å²) in [5.41, 5.74) is 1.04. The molecule has 24 heavy (non-hydrogen) atoms. The van der Waals surface area contributed by atoms with E-state index in [9.17, 15) is 14.9 Å². The van der Waals surface area contributed by atoms with E-state index in [-0.39, 0.29) is 22.6 Å². The molecule has 1 saturated heterocycles. The van der Waals surface area contributed by atoms with E-state index in [0.717, 1.165) is 38.8 Å². The number of benzene rings is 1. The average molecular weight is 327 g/mol. The maximum atomic E-state index is 12.2. The number of nitro groups is 1. The minimum atomic E-state index is -0.372. The van der Waals surface area contributed by atoms with Gasteiger partial charge in [-0.25, -0.2) is 0 Å². The minimum Gasteiger partial charge on any atom is -0.365 e. The SMILES string of the molecule is O=C(NC1CC1)c1ccc(N2CC3CC=CCC3C2)c([N+](=O)[O-])c1. The third-order valence-corrected chi connectivity index (χ3v) is 5.31. The molecule has 1 saturated carbocycles. The number of allylic oxidation sites excluding steroid dienone is 2. The lowest BCUT2D eigenvalue weighted by Gasteiger charge is -2.19. The fourth-order valence-corrected chi connectivity index (χ4v) is 3.79. The van der Waals surface area contributed by atoms with Gasteiger partial charge in [0.15, 0.2) is 0 Å². The van der Waals surface area contributed by atoms with Gasteiger partial charge in [-0.15, -0.1) is 0 Å². The van der Waals surface area contributed by atoms with Gasteiger partial charge in [0.1, 0.15) is 5.69 Å². The van der Waals surface area contributed by atoms with E-state index in [1.54, 1.807) is 12.1 Å². The molecule has 6 nitrogen and oxygen atoms in total. The zero-order valence-electron chi connectivity index (χ0n) is 13.5. The van der Waals surface area contributed by atoms with Crippen LogP contribution in [0.1, 0.15) is 36.0 Å². The Morgan fingerprint density at radius 2 is 1.83 bits per heavy atom. The largest absolute Gasteiger partial charge is 0.365 e. The Labute approximate surface area is 140 Å². The number of nitro benzene ring substituents is 1. The molecule has 0 bridgehead atoms. The molecule has 3 aliphatic rings. The van der Waals surface area contributed by atoms with E-state index in [2.05, 4.69) is 22.4 Å². The second-order valence-electron chi connectivity index (χ2n) is 7.08. The van der Waals surface area contributed by atoms with Crippen molar-refractivity contribution >= 4 is 17.3 Å². The number of anilines is 1. The summed E-state index contributed by atoms with van der Waals surface area (Å²) in [5, 5.41) is 14.4. The predicted octanol–water partition coefficient (Wildman–Crippen LogP) is 2.89. The number of carbonyl (C=O) groups is 1. The van der Waals surface area contributed by atoms with Crippen LogP contribution in [0.25, 0.3) is 0 Å². The van der Waals surface area contributed by atoms with Crippen molar-refractivity contribution in [2.24, 2.45) is 11.8 Å². The monoisotopic (exact) mass is 327 g/mol. The molecule has 2 unspecified atom stereocenters. The van der Waals surface area contributed by atoms with Crippen LogP contribution in [0.5, 0.6) is 0 Å². The number of fused-ring (bicyclic) bond motifs is 1. The summed E-state index contributed by atoms with van der Waals surface area (Å²) < 4.78 is 0. The zero-order chi connectivity index (χ0) is 16.7. The van der Waals surface area contributed by atoms with Crippen molar-refractivity contribution in [3.63, 3.8) is 0 Å². The first-order valence-corrected chi connectivity index (χ1v) is 8.61. The molecule has 2 atom stereocenters. The Hall–Kier alpha value is -2.37. The van der Waals surface area contributed by atoms with Gasteiger partial charge >= 0.3 is 0 Å². The molecule has 1 aromatic rings. The van der Waals surface area contributed by atoms with Crippen molar-refractivity contribution in [3.8, 4) is 0 Å². The molecule has 126 valence electrons. The number of rotatable bonds is 4. The van der Waals surface area contributed by atoms with Gasteiger partial charge in [-0.2, -0.15) is 0 Å². The maximum Gasteiger partial charge on any atom is 0.293 e. The molecule has 0 radical (unpaired) electrons. The molecular weight excluding hydrogens is 306 g/mol. The zero-order valence-corrected chi connectivity index (χ0v) is 13.5. The highest BCUT2D eigenvalue weighted by atomic mass is 16.6. The molecule has 2 aliphatic carbocycles.